The van der Waals surface area contributed by atoms with Crippen LogP contribution in [-0.4, -0.2) is 28.9 Å². The Kier molecular flexibility index (Phi) is 6.09. The average Bonchev–Trinajstić information content (AvgIpc) is 3.10. The van der Waals surface area contributed by atoms with Gasteiger partial charge in [0.25, 0.3) is 0 Å². The van der Waals surface area contributed by atoms with Crippen molar-refractivity contribution in [2.75, 3.05) is 6.54 Å². The largest absolute Gasteiger partial charge is 0.443 e. The number of likely N-dealkylation sites (tertiary alicyclic amines) is 1. The molecule has 1 fully saturated rings. The number of aliphatic imine (C=N–C) groups is 1. The molecule has 1 aromatic rings. The lowest BCUT2D eigenvalue weighted by molar-refractivity contribution is 0.0335. The zero-order valence-electron chi connectivity index (χ0n) is 16.7. The molecule has 1 saturated heterocycles. The SMILES string of the molecule is CCC1CCC(c2ccc(Br)cc2)=N/C1=C1/CCCN1C(=O)OC(C)(C)C. The molecule has 0 spiro atoms. The highest BCUT2D eigenvalue weighted by molar-refractivity contribution is 9.10. The first-order valence-corrected chi connectivity index (χ1v) is 10.6. The van der Waals surface area contributed by atoms with E-state index in [4.69, 9.17) is 9.73 Å². The van der Waals surface area contributed by atoms with Gasteiger partial charge in [-0.1, -0.05) is 35.0 Å². The van der Waals surface area contributed by atoms with Gasteiger partial charge in [0.15, 0.2) is 0 Å². The minimum Gasteiger partial charge on any atom is -0.443 e. The second kappa shape index (κ2) is 8.17. The van der Waals surface area contributed by atoms with Gasteiger partial charge in [0.05, 0.1) is 5.70 Å². The van der Waals surface area contributed by atoms with Crippen LogP contribution in [0.1, 0.15) is 65.4 Å². The highest BCUT2D eigenvalue weighted by Crippen LogP contribution is 2.37. The normalized spacial score (nSPS) is 23.4. The van der Waals surface area contributed by atoms with E-state index in [9.17, 15) is 4.79 Å². The van der Waals surface area contributed by atoms with Gasteiger partial charge in [-0.05, 0) is 70.6 Å². The summed E-state index contributed by atoms with van der Waals surface area (Å²) in [6.45, 7) is 8.65. The standard InChI is InChI=1S/C22H29BrN2O2/c1-5-15-10-13-18(16-8-11-17(23)12-9-16)24-20(15)19-7-6-14-25(19)21(26)27-22(2,3)4/h8-9,11-12,15H,5-7,10,13-14H2,1-4H3/b20-19-. The fraction of sp³-hybridized carbons (Fsp3) is 0.545. The van der Waals surface area contributed by atoms with Gasteiger partial charge in [0.2, 0.25) is 0 Å². The Morgan fingerprint density at radius 2 is 1.96 bits per heavy atom. The van der Waals surface area contributed by atoms with Crippen LogP contribution in [0.15, 0.2) is 45.1 Å². The van der Waals surface area contributed by atoms with E-state index in [1.165, 1.54) is 0 Å². The molecule has 4 nitrogen and oxygen atoms in total. The lowest BCUT2D eigenvalue weighted by Gasteiger charge is -2.29. The van der Waals surface area contributed by atoms with Crippen LogP contribution in [0.5, 0.6) is 0 Å². The van der Waals surface area contributed by atoms with Crippen molar-refractivity contribution in [3.8, 4) is 0 Å². The van der Waals surface area contributed by atoms with E-state index in [0.717, 1.165) is 59.2 Å². The van der Waals surface area contributed by atoms with E-state index in [0.29, 0.717) is 12.5 Å². The van der Waals surface area contributed by atoms with Gasteiger partial charge < -0.3 is 4.74 Å². The molecular formula is C22H29BrN2O2. The number of nitrogens with zero attached hydrogens (tertiary/aromatic N) is 2. The van der Waals surface area contributed by atoms with Gasteiger partial charge in [0, 0.05) is 28.3 Å². The highest BCUT2D eigenvalue weighted by atomic mass is 79.9. The summed E-state index contributed by atoms with van der Waals surface area (Å²) in [5, 5.41) is 0. The third-order valence-electron chi connectivity index (χ3n) is 5.07. The van der Waals surface area contributed by atoms with Crippen LogP contribution >= 0.6 is 15.9 Å². The molecule has 0 N–H and O–H groups in total. The number of benzene rings is 1. The molecule has 1 atom stereocenters. The van der Waals surface area contributed by atoms with E-state index in [2.05, 4.69) is 47.1 Å². The summed E-state index contributed by atoms with van der Waals surface area (Å²) < 4.78 is 6.70. The molecule has 1 amide bonds. The Balaban J connectivity index is 1.97. The molecule has 2 heterocycles. The third-order valence-corrected chi connectivity index (χ3v) is 5.60. The quantitative estimate of drug-likeness (QED) is 0.549. The average molecular weight is 433 g/mol. The minimum atomic E-state index is -0.488. The number of rotatable bonds is 2. The van der Waals surface area contributed by atoms with Gasteiger partial charge in [-0.25, -0.2) is 4.79 Å². The Labute approximate surface area is 170 Å². The fourth-order valence-corrected chi connectivity index (χ4v) is 4.01. The number of carbonyl (C=O) groups is 1. The topological polar surface area (TPSA) is 41.9 Å². The number of hydrogen-bond donors (Lipinski definition) is 0. The van der Waals surface area contributed by atoms with Crippen molar-refractivity contribution in [3.05, 3.63) is 45.7 Å². The zero-order valence-corrected chi connectivity index (χ0v) is 18.3. The predicted octanol–water partition coefficient (Wildman–Crippen LogP) is 6.30. The molecule has 0 aliphatic carbocycles. The lowest BCUT2D eigenvalue weighted by Crippen LogP contribution is -2.35. The van der Waals surface area contributed by atoms with Crippen LogP contribution in [0.2, 0.25) is 0 Å². The van der Waals surface area contributed by atoms with Crippen molar-refractivity contribution >= 4 is 27.7 Å². The van der Waals surface area contributed by atoms with Crippen molar-refractivity contribution in [1.29, 1.82) is 0 Å². The number of halogens is 1. The molecule has 3 rings (SSSR count). The van der Waals surface area contributed by atoms with E-state index in [1.807, 2.05) is 25.7 Å². The number of amides is 1. The van der Waals surface area contributed by atoms with E-state index < -0.39 is 5.60 Å². The Morgan fingerprint density at radius 1 is 1.26 bits per heavy atom. The first-order valence-electron chi connectivity index (χ1n) is 9.85. The van der Waals surface area contributed by atoms with Crippen molar-refractivity contribution in [2.45, 2.75) is 65.4 Å². The van der Waals surface area contributed by atoms with Crippen molar-refractivity contribution in [3.63, 3.8) is 0 Å². The first kappa shape index (κ1) is 20.1. The van der Waals surface area contributed by atoms with Gasteiger partial charge in [-0.3, -0.25) is 9.89 Å². The summed E-state index contributed by atoms with van der Waals surface area (Å²) in [4.78, 5) is 19.6. The number of hydrogen-bond acceptors (Lipinski definition) is 3. The molecule has 27 heavy (non-hydrogen) atoms. The van der Waals surface area contributed by atoms with E-state index in [-0.39, 0.29) is 6.09 Å². The number of ether oxygens (including phenoxy) is 1. The minimum absolute atomic E-state index is 0.247. The zero-order chi connectivity index (χ0) is 19.6. The molecule has 2 aliphatic rings. The van der Waals surface area contributed by atoms with E-state index in [1.54, 1.807) is 0 Å². The Hall–Kier alpha value is -1.62. The molecule has 0 saturated carbocycles. The first-order chi connectivity index (χ1) is 12.8. The predicted molar refractivity (Wildman–Crippen MR) is 113 cm³/mol. The smallest absolute Gasteiger partial charge is 0.414 e. The van der Waals surface area contributed by atoms with Crippen LogP contribution < -0.4 is 0 Å². The second-order valence-corrected chi connectivity index (χ2v) is 9.19. The van der Waals surface area contributed by atoms with Crippen LogP contribution in [0.25, 0.3) is 0 Å². The van der Waals surface area contributed by atoms with Crippen LogP contribution in [-0.2, 0) is 4.74 Å². The number of allylic oxidation sites excluding steroid dienone is 2. The van der Waals surface area contributed by atoms with Gasteiger partial charge in [-0.2, -0.15) is 0 Å². The summed E-state index contributed by atoms with van der Waals surface area (Å²) in [5.41, 5.74) is 3.94. The molecule has 1 aromatic carbocycles. The van der Waals surface area contributed by atoms with Crippen molar-refractivity contribution in [1.82, 2.24) is 4.90 Å². The van der Waals surface area contributed by atoms with Crippen molar-refractivity contribution in [2.24, 2.45) is 10.9 Å². The summed E-state index contributed by atoms with van der Waals surface area (Å²) in [5.74, 6) is 0.405. The van der Waals surface area contributed by atoms with Crippen LogP contribution in [0.4, 0.5) is 4.79 Å². The summed E-state index contributed by atoms with van der Waals surface area (Å²) in [6, 6.07) is 8.33. The monoisotopic (exact) mass is 432 g/mol. The maximum atomic E-state index is 12.7. The molecule has 0 bridgehead atoms. The highest BCUT2D eigenvalue weighted by Gasteiger charge is 2.33. The molecule has 5 heteroatoms. The number of carbonyl (C=O) groups excluding carboxylic acids is 1. The Morgan fingerprint density at radius 3 is 2.59 bits per heavy atom. The molecule has 0 aromatic heterocycles. The van der Waals surface area contributed by atoms with E-state index >= 15 is 0 Å². The van der Waals surface area contributed by atoms with Gasteiger partial charge in [-0.15, -0.1) is 0 Å². The molecule has 146 valence electrons. The summed E-state index contributed by atoms with van der Waals surface area (Å²) >= 11 is 3.50. The molecular weight excluding hydrogens is 404 g/mol. The third kappa shape index (κ3) is 4.81. The van der Waals surface area contributed by atoms with Gasteiger partial charge in [0.1, 0.15) is 5.60 Å². The summed E-state index contributed by atoms with van der Waals surface area (Å²) in [6.07, 6.45) is 4.71. The van der Waals surface area contributed by atoms with Gasteiger partial charge >= 0.3 is 6.09 Å². The maximum absolute atomic E-state index is 12.7. The van der Waals surface area contributed by atoms with Crippen molar-refractivity contribution < 1.29 is 9.53 Å². The summed E-state index contributed by atoms with van der Waals surface area (Å²) in [7, 11) is 0. The Bertz CT molecular complexity index is 760. The van der Waals surface area contributed by atoms with Crippen LogP contribution in [0.3, 0.4) is 0 Å². The maximum Gasteiger partial charge on any atom is 0.414 e. The van der Waals surface area contributed by atoms with Crippen LogP contribution in [0, 0.1) is 5.92 Å². The fourth-order valence-electron chi connectivity index (χ4n) is 3.75. The molecule has 1 unspecified atom stereocenters. The lowest BCUT2D eigenvalue weighted by atomic mass is 9.88. The molecule has 2 aliphatic heterocycles. The second-order valence-electron chi connectivity index (χ2n) is 8.28. The molecule has 0 radical (unpaired) electrons.